The minimum Gasteiger partial charge on any atom is -0.481 e. The predicted octanol–water partition coefficient (Wildman–Crippen LogP) is 2.53. The molecule has 0 saturated carbocycles. The van der Waals surface area contributed by atoms with E-state index in [-0.39, 0.29) is 6.42 Å². The summed E-state index contributed by atoms with van der Waals surface area (Å²) in [6.07, 6.45) is 1.07. The molecule has 1 rings (SSSR count). The Morgan fingerprint density at radius 2 is 1.95 bits per heavy atom. The van der Waals surface area contributed by atoms with Crippen molar-refractivity contribution in [2.45, 2.75) is 33.6 Å². The minimum atomic E-state index is -0.745. The molecule has 0 radical (unpaired) electrons. The maximum absolute atomic E-state index is 10.7. The van der Waals surface area contributed by atoms with Gasteiger partial charge in [-0.15, -0.1) is 0 Å². The number of ether oxygens (including phenoxy) is 1. The lowest BCUT2D eigenvalue weighted by molar-refractivity contribution is -0.136. The molecule has 0 bridgehead atoms. The quantitative estimate of drug-likeness (QED) is 0.668. The van der Waals surface area contributed by atoms with E-state index in [0.717, 1.165) is 12.0 Å². The van der Waals surface area contributed by atoms with Crippen LogP contribution in [0.25, 0.3) is 0 Å². The van der Waals surface area contributed by atoms with Crippen LogP contribution in [0.2, 0.25) is 0 Å². The number of carboxylic acid groups (broad SMARTS) is 1. The van der Waals surface area contributed by atoms with E-state index in [9.17, 15) is 9.59 Å². The van der Waals surface area contributed by atoms with Gasteiger partial charge in [0, 0.05) is 13.3 Å². The summed E-state index contributed by atoms with van der Waals surface area (Å²) < 4.78 is 4.92. The van der Waals surface area contributed by atoms with Crippen LogP contribution in [-0.2, 0) is 16.0 Å². The van der Waals surface area contributed by atoms with Gasteiger partial charge in [-0.25, -0.2) is 0 Å². The SMILES string of the molecule is CCC(=O)O.CCc1ccc(C#N)c(OC(C)=O)c1. The number of nitriles is 1. The van der Waals surface area contributed by atoms with Crippen molar-refractivity contribution in [2.75, 3.05) is 0 Å². The molecule has 1 aromatic carbocycles. The molecule has 0 fully saturated rings. The monoisotopic (exact) mass is 263 g/mol. The highest BCUT2D eigenvalue weighted by atomic mass is 16.5. The Labute approximate surface area is 112 Å². The Morgan fingerprint density at radius 3 is 2.32 bits per heavy atom. The molecule has 5 heteroatoms. The second-order valence-electron chi connectivity index (χ2n) is 3.64. The van der Waals surface area contributed by atoms with Gasteiger partial charge in [0.15, 0.2) is 0 Å². The van der Waals surface area contributed by atoms with Crippen LogP contribution in [0.3, 0.4) is 0 Å². The summed E-state index contributed by atoms with van der Waals surface area (Å²) in [5.41, 5.74) is 1.43. The van der Waals surface area contributed by atoms with Crippen molar-refractivity contribution in [3.8, 4) is 11.8 Å². The van der Waals surface area contributed by atoms with E-state index in [1.54, 1.807) is 19.1 Å². The number of hydrogen-bond donors (Lipinski definition) is 1. The predicted molar refractivity (Wildman–Crippen MR) is 69.8 cm³/mol. The maximum atomic E-state index is 10.7. The molecule has 0 aromatic heterocycles. The third-order valence-corrected chi connectivity index (χ3v) is 2.13. The van der Waals surface area contributed by atoms with Gasteiger partial charge in [0.1, 0.15) is 11.8 Å². The number of carbonyl (C=O) groups is 2. The molecule has 19 heavy (non-hydrogen) atoms. The largest absolute Gasteiger partial charge is 0.481 e. The van der Waals surface area contributed by atoms with Crippen LogP contribution in [0, 0.1) is 11.3 Å². The average Bonchev–Trinajstić information content (AvgIpc) is 2.38. The number of benzene rings is 1. The molecule has 0 atom stereocenters. The number of esters is 1. The molecule has 5 nitrogen and oxygen atoms in total. The van der Waals surface area contributed by atoms with Crippen molar-refractivity contribution in [3.63, 3.8) is 0 Å². The van der Waals surface area contributed by atoms with Crippen LogP contribution in [0.4, 0.5) is 0 Å². The summed E-state index contributed by atoms with van der Waals surface area (Å²) in [6, 6.07) is 7.21. The van der Waals surface area contributed by atoms with Gasteiger partial charge in [-0.05, 0) is 24.1 Å². The van der Waals surface area contributed by atoms with Crippen LogP contribution >= 0.6 is 0 Å². The van der Waals surface area contributed by atoms with Crippen molar-refractivity contribution in [1.82, 2.24) is 0 Å². The van der Waals surface area contributed by atoms with Crippen molar-refractivity contribution in [2.24, 2.45) is 0 Å². The van der Waals surface area contributed by atoms with E-state index >= 15 is 0 Å². The fourth-order valence-corrected chi connectivity index (χ4v) is 1.12. The van der Waals surface area contributed by atoms with E-state index in [2.05, 4.69) is 0 Å². The molecular weight excluding hydrogens is 246 g/mol. The topological polar surface area (TPSA) is 87.4 Å². The first-order chi connectivity index (χ1) is 8.94. The lowest BCUT2D eigenvalue weighted by Crippen LogP contribution is -2.03. The highest BCUT2D eigenvalue weighted by Gasteiger charge is 2.06. The summed E-state index contributed by atoms with van der Waals surface area (Å²) in [5.74, 6) is -0.806. The zero-order chi connectivity index (χ0) is 14.8. The van der Waals surface area contributed by atoms with E-state index in [4.69, 9.17) is 15.1 Å². The number of rotatable bonds is 3. The maximum Gasteiger partial charge on any atom is 0.308 e. The fraction of sp³-hybridized carbons (Fsp3) is 0.357. The van der Waals surface area contributed by atoms with E-state index in [0.29, 0.717) is 11.3 Å². The Balaban J connectivity index is 0.000000555. The molecule has 1 N–H and O–H groups in total. The van der Waals surface area contributed by atoms with Gasteiger partial charge in [-0.2, -0.15) is 5.26 Å². The second-order valence-corrected chi connectivity index (χ2v) is 3.64. The molecule has 1 aromatic rings. The van der Waals surface area contributed by atoms with Crippen molar-refractivity contribution < 1.29 is 19.4 Å². The normalized spacial score (nSPS) is 8.74. The van der Waals surface area contributed by atoms with Crippen molar-refractivity contribution in [3.05, 3.63) is 29.3 Å². The summed E-state index contributed by atoms with van der Waals surface area (Å²) in [6.45, 7) is 4.92. The fourth-order valence-electron chi connectivity index (χ4n) is 1.12. The first kappa shape index (κ1) is 16.6. The Kier molecular flexibility index (Phi) is 7.62. The first-order valence-electron chi connectivity index (χ1n) is 5.87. The highest BCUT2D eigenvalue weighted by molar-refractivity contribution is 5.70. The smallest absolute Gasteiger partial charge is 0.308 e. The van der Waals surface area contributed by atoms with E-state index < -0.39 is 11.9 Å². The standard InChI is InChI=1S/C11H11NO2.C3H6O2/c1-3-9-4-5-10(7-12)11(6-9)14-8(2)13;1-2-3(4)5/h4-6H,3H2,1-2H3;2H2,1H3,(H,4,5). The van der Waals surface area contributed by atoms with Gasteiger partial charge in [-0.3, -0.25) is 9.59 Å². The Morgan fingerprint density at radius 1 is 1.37 bits per heavy atom. The Hall–Kier alpha value is -2.35. The number of carbonyl (C=O) groups excluding carboxylic acids is 1. The number of hydrogen-bond acceptors (Lipinski definition) is 4. The average molecular weight is 263 g/mol. The van der Waals surface area contributed by atoms with Gasteiger partial charge < -0.3 is 9.84 Å². The van der Waals surface area contributed by atoms with Crippen molar-refractivity contribution in [1.29, 1.82) is 5.26 Å². The third kappa shape index (κ3) is 6.84. The number of nitrogens with zero attached hydrogens (tertiary/aromatic N) is 1. The Bertz CT molecular complexity index is 489. The lowest BCUT2D eigenvalue weighted by atomic mass is 10.1. The molecule has 0 amide bonds. The zero-order valence-corrected chi connectivity index (χ0v) is 11.3. The zero-order valence-electron chi connectivity index (χ0n) is 11.3. The van der Waals surface area contributed by atoms with E-state index in [1.807, 2.05) is 19.1 Å². The van der Waals surface area contributed by atoms with Crippen LogP contribution in [0.5, 0.6) is 5.75 Å². The highest BCUT2D eigenvalue weighted by Crippen LogP contribution is 2.20. The van der Waals surface area contributed by atoms with Crippen LogP contribution in [-0.4, -0.2) is 17.0 Å². The molecule has 0 unspecified atom stereocenters. The van der Waals surface area contributed by atoms with Crippen LogP contribution < -0.4 is 4.74 Å². The van der Waals surface area contributed by atoms with Gasteiger partial charge in [0.05, 0.1) is 5.56 Å². The summed E-state index contributed by atoms with van der Waals surface area (Å²) >= 11 is 0. The number of aliphatic carboxylic acids is 1. The second kappa shape index (κ2) is 8.70. The molecule has 0 heterocycles. The molecule has 0 spiro atoms. The van der Waals surface area contributed by atoms with Crippen LogP contribution in [0.1, 0.15) is 38.3 Å². The third-order valence-electron chi connectivity index (χ3n) is 2.13. The molecule has 0 aliphatic heterocycles. The number of aryl methyl sites for hydroxylation is 1. The van der Waals surface area contributed by atoms with Gasteiger partial charge in [0.25, 0.3) is 0 Å². The minimum absolute atomic E-state index is 0.222. The summed E-state index contributed by atoms with van der Waals surface area (Å²) in [7, 11) is 0. The molecule has 0 aliphatic rings. The van der Waals surface area contributed by atoms with Crippen molar-refractivity contribution >= 4 is 11.9 Å². The van der Waals surface area contributed by atoms with Gasteiger partial charge in [-0.1, -0.05) is 19.9 Å². The van der Waals surface area contributed by atoms with Gasteiger partial charge in [0.2, 0.25) is 0 Å². The van der Waals surface area contributed by atoms with Gasteiger partial charge >= 0.3 is 11.9 Å². The van der Waals surface area contributed by atoms with E-state index in [1.165, 1.54) is 6.92 Å². The lowest BCUT2D eigenvalue weighted by Gasteiger charge is -2.05. The molecule has 102 valence electrons. The van der Waals surface area contributed by atoms with Crippen LogP contribution in [0.15, 0.2) is 18.2 Å². The summed E-state index contributed by atoms with van der Waals surface area (Å²) in [5, 5.41) is 16.5. The summed E-state index contributed by atoms with van der Waals surface area (Å²) in [4.78, 5) is 20.1. The molecular formula is C14H17NO4. The first-order valence-corrected chi connectivity index (χ1v) is 5.87. The number of carboxylic acids is 1. The molecule has 0 saturated heterocycles. The molecule has 0 aliphatic carbocycles.